The van der Waals surface area contributed by atoms with Gasteiger partial charge in [-0.15, -0.1) is 0 Å². The van der Waals surface area contributed by atoms with Crippen LogP contribution in [0.25, 0.3) is 0 Å². The fourth-order valence-electron chi connectivity index (χ4n) is 2.00. The SMILES string of the molecule is CC1CN([C@@H](C)c2ccc(F)cc2)C(=O)C(=O)O1. The zero-order chi connectivity index (χ0) is 13.3. The van der Waals surface area contributed by atoms with Gasteiger partial charge in [0.25, 0.3) is 0 Å². The number of carbonyl (C=O) groups is 2. The maximum absolute atomic E-state index is 12.8. The van der Waals surface area contributed by atoms with Crippen LogP contribution in [0.5, 0.6) is 0 Å². The molecule has 4 nitrogen and oxygen atoms in total. The quantitative estimate of drug-likeness (QED) is 0.593. The van der Waals surface area contributed by atoms with Crippen LogP contribution in [0.15, 0.2) is 24.3 Å². The molecule has 1 aromatic carbocycles. The van der Waals surface area contributed by atoms with Crippen molar-refractivity contribution in [1.29, 1.82) is 0 Å². The number of carbonyl (C=O) groups excluding carboxylic acids is 2. The summed E-state index contributed by atoms with van der Waals surface area (Å²) in [7, 11) is 0. The van der Waals surface area contributed by atoms with Gasteiger partial charge in [-0.2, -0.15) is 0 Å². The van der Waals surface area contributed by atoms with Gasteiger partial charge in [-0.1, -0.05) is 12.1 Å². The molecule has 1 amide bonds. The molecule has 0 spiro atoms. The van der Waals surface area contributed by atoms with Crippen LogP contribution < -0.4 is 0 Å². The molecule has 1 heterocycles. The van der Waals surface area contributed by atoms with E-state index in [0.29, 0.717) is 6.54 Å². The number of morpholine rings is 1. The molecule has 2 atom stereocenters. The summed E-state index contributed by atoms with van der Waals surface area (Å²) in [6, 6.07) is 5.60. The number of nitrogens with zero attached hydrogens (tertiary/aromatic N) is 1. The molecule has 0 bridgehead atoms. The molecule has 0 aliphatic carbocycles. The van der Waals surface area contributed by atoms with Gasteiger partial charge in [-0.05, 0) is 31.5 Å². The molecule has 1 unspecified atom stereocenters. The predicted octanol–water partition coefficient (Wildman–Crippen LogP) is 1.66. The van der Waals surface area contributed by atoms with Crippen LogP contribution >= 0.6 is 0 Å². The number of hydrogen-bond acceptors (Lipinski definition) is 3. The van der Waals surface area contributed by atoms with Gasteiger partial charge in [0.2, 0.25) is 0 Å². The Labute approximate surface area is 104 Å². The predicted molar refractivity (Wildman–Crippen MR) is 62.1 cm³/mol. The second-order valence-corrected chi connectivity index (χ2v) is 4.40. The summed E-state index contributed by atoms with van der Waals surface area (Å²) < 4.78 is 17.7. The van der Waals surface area contributed by atoms with Crippen molar-refractivity contribution in [3.63, 3.8) is 0 Å². The zero-order valence-electron chi connectivity index (χ0n) is 10.2. The van der Waals surface area contributed by atoms with E-state index in [2.05, 4.69) is 0 Å². The van der Waals surface area contributed by atoms with Crippen LogP contribution in [-0.4, -0.2) is 29.4 Å². The van der Waals surface area contributed by atoms with Crippen molar-refractivity contribution in [2.45, 2.75) is 26.0 Å². The van der Waals surface area contributed by atoms with Crippen molar-refractivity contribution in [2.75, 3.05) is 6.54 Å². The van der Waals surface area contributed by atoms with Crippen molar-refractivity contribution in [3.8, 4) is 0 Å². The number of halogens is 1. The minimum Gasteiger partial charge on any atom is -0.454 e. The Balaban J connectivity index is 2.21. The lowest BCUT2D eigenvalue weighted by molar-refractivity contribution is -0.173. The highest BCUT2D eigenvalue weighted by Crippen LogP contribution is 2.23. The first-order chi connectivity index (χ1) is 8.49. The summed E-state index contributed by atoms with van der Waals surface area (Å²) in [5, 5.41) is 0. The van der Waals surface area contributed by atoms with E-state index < -0.39 is 11.9 Å². The van der Waals surface area contributed by atoms with E-state index in [-0.39, 0.29) is 18.0 Å². The van der Waals surface area contributed by atoms with Crippen molar-refractivity contribution >= 4 is 11.9 Å². The van der Waals surface area contributed by atoms with Gasteiger partial charge < -0.3 is 9.64 Å². The van der Waals surface area contributed by atoms with E-state index in [1.54, 1.807) is 26.0 Å². The van der Waals surface area contributed by atoms with E-state index in [9.17, 15) is 14.0 Å². The van der Waals surface area contributed by atoms with Crippen LogP contribution in [0.3, 0.4) is 0 Å². The van der Waals surface area contributed by atoms with Crippen molar-refractivity contribution in [1.82, 2.24) is 4.90 Å². The largest absolute Gasteiger partial charge is 0.454 e. The molecule has 2 rings (SSSR count). The maximum atomic E-state index is 12.8. The first kappa shape index (κ1) is 12.5. The number of amides is 1. The molecule has 5 heteroatoms. The Bertz CT molecular complexity index is 472. The third-order valence-corrected chi connectivity index (χ3v) is 3.02. The third-order valence-electron chi connectivity index (χ3n) is 3.02. The summed E-state index contributed by atoms with van der Waals surface area (Å²) in [6.45, 7) is 3.88. The highest BCUT2D eigenvalue weighted by molar-refractivity contribution is 6.32. The Kier molecular flexibility index (Phi) is 3.32. The number of benzene rings is 1. The Hall–Kier alpha value is -1.91. The molecule has 18 heavy (non-hydrogen) atoms. The molecular weight excluding hydrogens is 237 g/mol. The Morgan fingerprint density at radius 2 is 1.94 bits per heavy atom. The van der Waals surface area contributed by atoms with Crippen molar-refractivity contribution in [3.05, 3.63) is 35.6 Å². The Morgan fingerprint density at radius 1 is 1.33 bits per heavy atom. The lowest BCUT2D eigenvalue weighted by atomic mass is 10.1. The van der Waals surface area contributed by atoms with E-state index in [4.69, 9.17) is 4.74 Å². The maximum Gasteiger partial charge on any atom is 0.397 e. The molecule has 1 fully saturated rings. The van der Waals surface area contributed by atoms with Gasteiger partial charge >= 0.3 is 11.9 Å². The van der Waals surface area contributed by atoms with Gasteiger partial charge in [0.1, 0.15) is 11.9 Å². The van der Waals surface area contributed by atoms with E-state index in [1.807, 2.05) is 0 Å². The van der Waals surface area contributed by atoms with Gasteiger partial charge in [-0.25, -0.2) is 9.18 Å². The van der Waals surface area contributed by atoms with Crippen molar-refractivity contribution in [2.24, 2.45) is 0 Å². The Morgan fingerprint density at radius 3 is 2.56 bits per heavy atom. The lowest BCUT2D eigenvalue weighted by Gasteiger charge is -2.34. The lowest BCUT2D eigenvalue weighted by Crippen LogP contribution is -2.49. The minimum absolute atomic E-state index is 0.284. The molecule has 0 saturated carbocycles. The fourth-order valence-corrected chi connectivity index (χ4v) is 2.00. The minimum atomic E-state index is -0.831. The molecular formula is C13H14FNO3. The zero-order valence-corrected chi connectivity index (χ0v) is 10.2. The highest BCUT2D eigenvalue weighted by Gasteiger charge is 2.35. The van der Waals surface area contributed by atoms with Crippen LogP contribution in [0.2, 0.25) is 0 Å². The number of esters is 1. The fraction of sp³-hybridized carbons (Fsp3) is 0.385. The molecule has 96 valence electrons. The van der Waals surface area contributed by atoms with Gasteiger partial charge in [0.15, 0.2) is 0 Å². The smallest absolute Gasteiger partial charge is 0.397 e. The molecule has 0 N–H and O–H groups in total. The van der Waals surface area contributed by atoms with Crippen LogP contribution in [0.4, 0.5) is 4.39 Å². The number of cyclic esters (lactones) is 1. The molecule has 1 aliphatic rings. The van der Waals surface area contributed by atoms with Crippen molar-refractivity contribution < 1.29 is 18.7 Å². The molecule has 1 aromatic rings. The second-order valence-electron chi connectivity index (χ2n) is 4.40. The van der Waals surface area contributed by atoms with Crippen LogP contribution in [0.1, 0.15) is 25.5 Å². The molecule has 0 radical (unpaired) electrons. The third kappa shape index (κ3) is 2.34. The van der Waals surface area contributed by atoms with E-state index >= 15 is 0 Å². The summed E-state index contributed by atoms with van der Waals surface area (Å²) in [5.74, 6) is -1.81. The summed E-state index contributed by atoms with van der Waals surface area (Å²) >= 11 is 0. The number of hydrogen-bond donors (Lipinski definition) is 0. The molecule has 1 aliphatic heterocycles. The number of rotatable bonds is 2. The topological polar surface area (TPSA) is 46.6 Å². The average molecular weight is 251 g/mol. The highest BCUT2D eigenvalue weighted by atomic mass is 19.1. The van der Waals surface area contributed by atoms with Gasteiger partial charge in [0.05, 0.1) is 12.6 Å². The second kappa shape index (κ2) is 4.76. The summed E-state index contributed by atoms with van der Waals surface area (Å²) in [4.78, 5) is 24.5. The van der Waals surface area contributed by atoms with Gasteiger partial charge in [0, 0.05) is 0 Å². The normalized spacial score (nSPS) is 21.7. The monoisotopic (exact) mass is 251 g/mol. The molecule has 1 saturated heterocycles. The first-order valence-electron chi connectivity index (χ1n) is 5.76. The number of ether oxygens (including phenoxy) is 1. The summed E-state index contributed by atoms with van der Waals surface area (Å²) in [6.07, 6.45) is -0.321. The van der Waals surface area contributed by atoms with E-state index in [1.165, 1.54) is 17.0 Å². The average Bonchev–Trinajstić information content (AvgIpc) is 2.34. The summed E-state index contributed by atoms with van der Waals surface area (Å²) in [5.41, 5.74) is 0.784. The van der Waals surface area contributed by atoms with Crippen LogP contribution in [0, 0.1) is 5.82 Å². The molecule has 0 aromatic heterocycles. The van der Waals surface area contributed by atoms with Gasteiger partial charge in [-0.3, -0.25) is 4.79 Å². The van der Waals surface area contributed by atoms with E-state index in [0.717, 1.165) is 5.56 Å². The first-order valence-corrected chi connectivity index (χ1v) is 5.76. The van der Waals surface area contributed by atoms with Crippen LogP contribution in [-0.2, 0) is 14.3 Å². The standard InChI is InChI=1S/C13H14FNO3/c1-8-7-15(12(16)13(17)18-8)9(2)10-3-5-11(14)6-4-10/h3-6,8-9H,7H2,1-2H3/t8?,9-/m0/s1.